The number of nitrogens with zero attached hydrogens (tertiary/aromatic N) is 2. The number of halogens is 1. The molecule has 0 aliphatic carbocycles. The molecule has 94 valence electrons. The molecule has 0 saturated carbocycles. The van der Waals surface area contributed by atoms with Crippen LogP contribution < -0.4 is 10.6 Å². The summed E-state index contributed by atoms with van der Waals surface area (Å²) in [5.41, 5.74) is 9.12. The van der Waals surface area contributed by atoms with E-state index in [1.807, 2.05) is 37.4 Å². The predicted molar refractivity (Wildman–Crippen MR) is 75.7 cm³/mol. The van der Waals surface area contributed by atoms with Crippen molar-refractivity contribution >= 4 is 17.3 Å². The van der Waals surface area contributed by atoms with E-state index in [0.29, 0.717) is 6.54 Å². The highest BCUT2D eigenvalue weighted by molar-refractivity contribution is 6.30. The van der Waals surface area contributed by atoms with Gasteiger partial charge in [-0.1, -0.05) is 17.7 Å². The summed E-state index contributed by atoms with van der Waals surface area (Å²) in [5.74, 6) is 0. The molecule has 2 aromatic rings. The van der Waals surface area contributed by atoms with Gasteiger partial charge in [0.15, 0.2) is 0 Å². The van der Waals surface area contributed by atoms with Gasteiger partial charge < -0.3 is 10.6 Å². The maximum atomic E-state index is 6.04. The average Bonchev–Trinajstić information content (AvgIpc) is 2.40. The van der Waals surface area contributed by atoms with Crippen LogP contribution in [0.2, 0.25) is 5.02 Å². The molecule has 0 spiro atoms. The number of benzene rings is 1. The maximum Gasteiger partial charge on any atom is 0.0427 e. The van der Waals surface area contributed by atoms with Crippen LogP contribution in [-0.2, 0) is 13.1 Å². The van der Waals surface area contributed by atoms with Crippen LogP contribution in [0.4, 0.5) is 5.69 Å². The molecule has 18 heavy (non-hydrogen) atoms. The molecule has 2 N–H and O–H groups in total. The minimum Gasteiger partial charge on any atom is -0.370 e. The van der Waals surface area contributed by atoms with Gasteiger partial charge in [0.05, 0.1) is 0 Å². The maximum absolute atomic E-state index is 6.04. The van der Waals surface area contributed by atoms with Crippen molar-refractivity contribution in [1.82, 2.24) is 4.98 Å². The van der Waals surface area contributed by atoms with Crippen molar-refractivity contribution in [3.63, 3.8) is 0 Å². The van der Waals surface area contributed by atoms with Crippen LogP contribution in [0, 0.1) is 0 Å². The third-order valence-corrected chi connectivity index (χ3v) is 3.08. The zero-order chi connectivity index (χ0) is 13.0. The number of pyridine rings is 1. The lowest BCUT2D eigenvalue weighted by atomic mass is 10.1. The average molecular weight is 262 g/mol. The van der Waals surface area contributed by atoms with Gasteiger partial charge in [-0.25, -0.2) is 0 Å². The normalized spacial score (nSPS) is 10.4. The molecule has 0 fully saturated rings. The van der Waals surface area contributed by atoms with Crippen LogP contribution in [0.25, 0.3) is 0 Å². The minimum absolute atomic E-state index is 0.507. The lowest BCUT2D eigenvalue weighted by Crippen LogP contribution is -2.19. The summed E-state index contributed by atoms with van der Waals surface area (Å²) in [6, 6.07) is 9.80. The van der Waals surface area contributed by atoms with Gasteiger partial charge in [0, 0.05) is 43.2 Å². The second-order valence-corrected chi connectivity index (χ2v) is 4.63. The van der Waals surface area contributed by atoms with E-state index in [2.05, 4.69) is 9.88 Å². The van der Waals surface area contributed by atoms with Gasteiger partial charge in [-0.2, -0.15) is 0 Å². The van der Waals surface area contributed by atoms with Crippen LogP contribution >= 0.6 is 11.6 Å². The van der Waals surface area contributed by atoms with Crippen LogP contribution in [0.3, 0.4) is 0 Å². The number of rotatable bonds is 4. The predicted octanol–water partition coefficient (Wildman–Crippen LogP) is 2.83. The number of anilines is 1. The Hall–Kier alpha value is -1.58. The van der Waals surface area contributed by atoms with E-state index in [1.165, 1.54) is 5.56 Å². The van der Waals surface area contributed by atoms with Gasteiger partial charge in [-0.15, -0.1) is 0 Å². The van der Waals surface area contributed by atoms with Crippen molar-refractivity contribution in [2.45, 2.75) is 13.1 Å². The van der Waals surface area contributed by atoms with E-state index >= 15 is 0 Å². The molecule has 0 radical (unpaired) electrons. The Morgan fingerprint density at radius 2 is 1.94 bits per heavy atom. The molecule has 0 unspecified atom stereocenters. The number of hydrogen-bond donors (Lipinski definition) is 1. The smallest absolute Gasteiger partial charge is 0.0427 e. The Bertz CT molecular complexity index is 514. The zero-order valence-electron chi connectivity index (χ0n) is 10.3. The second-order valence-electron chi connectivity index (χ2n) is 4.19. The summed E-state index contributed by atoms with van der Waals surface area (Å²) in [6.07, 6.45) is 3.59. The molecule has 3 nitrogen and oxygen atoms in total. The van der Waals surface area contributed by atoms with Crippen LogP contribution in [-0.4, -0.2) is 12.0 Å². The Labute approximate surface area is 112 Å². The highest BCUT2D eigenvalue weighted by Gasteiger charge is 2.07. The second kappa shape index (κ2) is 5.85. The highest BCUT2D eigenvalue weighted by Crippen LogP contribution is 2.25. The summed E-state index contributed by atoms with van der Waals surface area (Å²) in [6.45, 7) is 1.31. The Morgan fingerprint density at radius 3 is 2.61 bits per heavy atom. The number of aromatic nitrogens is 1. The van der Waals surface area contributed by atoms with E-state index in [1.54, 1.807) is 12.4 Å². The summed E-state index contributed by atoms with van der Waals surface area (Å²) >= 11 is 6.04. The van der Waals surface area contributed by atoms with Crippen LogP contribution in [0.1, 0.15) is 11.1 Å². The Balaban J connectivity index is 2.23. The van der Waals surface area contributed by atoms with E-state index in [4.69, 9.17) is 17.3 Å². The van der Waals surface area contributed by atoms with Gasteiger partial charge in [0.25, 0.3) is 0 Å². The Morgan fingerprint density at radius 1 is 1.22 bits per heavy atom. The minimum atomic E-state index is 0.507. The molecule has 0 saturated heterocycles. The largest absolute Gasteiger partial charge is 0.370 e. The summed E-state index contributed by atoms with van der Waals surface area (Å²) < 4.78 is 0. The van der Waals surface area contributed by atoms with Gasteiger partial charge in [-0.05, 0) is 35.4 Å². The zero-order valence-corrected chi connectivity index (χ0v) is 11.1. The van der Waals surface area contributed by atoms with Crippen molar-refractivity contribution in [2.24, 2.45) is 5.73 Å². The van der Waals surface area contributed by atoms with Crippen LogP contribution in [0.5, 0.6) is 0 Å². The van der Waals surface area contributed by atoms with Crippen molar-refractivity contribution in [3.05, 3.63) is 58.9 Å². The molecule has 1 heterocycles. The van der Waals surface area contributed by atoms with E-state index < -0.39 is 0 Å². The molecule has 0 aliphatic rings. The molecule has 2 rings (SSSR count). The van der Waals surface area contributed by atoms with Crippen LogP contribution in [0.15, 0.2) is 42.7 Å². The summed E-state index contributed by atoms with van der Waals surface area (Å²) in [7, 11) is 2.03. The van der Waals surface area contributed by atoms with E-state index in [0.717, 1.165) is 22.8 Å². The van der Waals surface area contributed by atoms with Crippen molar-refractivity contribution < 1.29 is 0 Å². The summed E-state index contributed by atoms with van der Waals surface area (Å²) in [5, 5.41) is 0.726. The molecular formula is C14H16ClN3. The topological polar surface area (TPSA) is 42.2 Å². The SMILES string of the molecule is CN(Cc1ccncc1)c1cc(Cl)ccc1CN. The molecule has 0 bridgehead atoms. The monoisotopic (exact) mass is 261 g/mol. The lowest BCUT2D eigenvalue weighted by molar-refractivity contribution is 0.901. The van der Waals surface area contributed by atoms with Crippen molar-refractivity contribution in [3.8, 4) is 0 Å². The number of nitrogens with two attached hydrogens (primary N) is 1. The Kier molecular flexibility index (Phi) is 4.18. The summed E-state index contributed by atoms with van der Waals surface area (Å²) in [4.78, 5) is 6.16. The fourth-order valence-corrected chi connectivity index (χ4v) is 2.08. The molecule has 4 heteroatoms. The molecule has 0 aliphatic heterocycles. The molecule has 1 aromatic heterocycles. The first-order valence-electron chi connectivity index (χ1n) is 5.79. The lowest BCUT2D eigenvalue weighted by Gasteiger charge is -2.22. The third kappa shape index (κ3) is 3.00. The fraction of sp³-hybridized carbons (Fsp3) is 0.214. The van der Waals surface area contributed by atoms with Gasteiger partial charge in [0.1, 0.15) is 0 Å². The fourth-order valence-electron chi connectivity index (χ4n) is 1.91. The van der Waals surface area contributed by atoms with E-state index in [-0.39, 0.29) is 0 Å². The van der Waals surface area contributed by atoms with E-state index in [9.17, 15) is 0 Å². The first-order chi connectivity index (χ1) is 8.70. The number of hydrogen-bond acceptors (Lipinski definition) is 3. The highest BCUT2D eigenvalue weighted by atomic mass is 35.5. The molecule has 1 aromatic carbocycles. The van der Waals surface area contributed by atoms with Gasteiger partial charge in [0.2, 0.25) is 0 Å². The standard InChI is InChI=1S/C14H16ClN3/c1-18(10-11-4-6-17-7-5-11)14-8-13(15)3-2-12(14)9-16/h2-8H,9-10,16H2,1H3. The van der Waals surface area contributed by atoms with Crippen molar-refractivity contribution in [2.75, 3.05) is 11.9 Å². The molecule has 0 atom stereocenters. The first-order valence-corrected chi connectivity index (χ1v) is 6.17. The molecular weight excluding hydrogens is 246 g/mol. The first kappa shape index (κ1) is 12.9. The van der Waals surface area contributed by atoms with Gasteiger partial charge >= 0.3 is 0 Å². The molecule has 0 amide bonds. The van der Waals surface area contributed by atoms with Crippen molar-refractivity contribution in [1.29, 1.82) is 0 Å². The quantitative estimate of drug-likeness (QED) is 0.920. The van der Waals surface area contributed by atoms with Gasteiger partial charge in [-0.3, -0.25) is 4.98 Å². The third-order valence-electron chi connectivity index (χ3n) is 2.85.